The molecule has 5 nitrogen and oxygen atoms in total. The lowest BCUT2D eigenvalue weighted by Crippen LogP contribution is -2.12. The molecule has 0 amide bonds. The third-order valence-electron chi connectivity index (χ3n) is 2.55. The molecule has 0 spiro atoms. The van der Waals surface area contributed by atoms with Crippen molar-refractivity contribution < 1.29 is 23.8 Å². The summed E-state index contributed by atoms with van der Waals surface area (Å²) in [6.07, 6.45) is 0. The molecule has 0 aromatic heterocycles. The van der Waals surface area contributed by atoms with E-state index in [2.05, 4.69) is 13.2 Å². The van der Waals surface area contributed by atoms with E-state index in [-0.39, 0.29) is 19.8 Å². The minimum Gasteiger partial charge on any atom is -0.490 e. The third kappa shape index (κ3) is 6.26. The van der Waals surface area contributed by atoms with E-state index in [9.17, 15) is 9.59 Å². The normalized spacial score (nSPS) is 9.73. The van der Waals surface area contributed by atoms with Crippen LogP contribution in [0.25, 0.3) is 0 Å². The fourth-order valence-corrected chi connectivity index (χ4v) is 1.41. The zero-order chi connectivity index (χ0) is 16.5. The van der Waals surface area contributed by atoms with Gasteiger partial charge in [0.2, 0.25) is 0 Å². The van der Waals surface area contributed by atoms with E-state index in [1.54, 1.807) is 32.0 Å². The molecule has 5 heteroatoms. The summed E-state index contributed by atoms with van der Waals surface area (Å²) in [5.74, 6) is -0.266. The van der Waals surface area contributed by atoms with E-state index in [0.29, 0.717) is 16.9 Å². The molecule has 0 unspecified atom stereocenters. The summed E-state index contributed by atoms with van der Waals surface area (Å²) in [7, 11) is 0. The highest BCUT2D eigenvalue weighted by Crippen LogP contribution is 2.14. The molecule has 0 aliphatic rings. The number of carbonyl (C=O) groups is 2. The molecule has 0 saturated carbocycles. The molecule has 0 N–H and O–H groups in total. The summed E-state index contributed by atoms with van der Waals surface area (Å²) in [5.41, 5.74) is 1.50. The van der Waals surface area contributed by atoms with Gasteiger partial charge in [0.25, 0.3) is 0 Å². The summed E-state index contributed by atoms with van der Waals surface area (Å²) in [6.45, 7) is 10.7. The standard InChI is InChI=1S/C17H20O5/c1-12(2)16(18)21-9-8-20-15-7-5-6-14(10-15)11-22-17(19)13(3)4/h5-7,10H,1,3,8-9,11H2,2,4H3. The smallest absolute Gasteiger partial charge is 0.333 e. The summed E-state index contributed by atoms with van der Waals surface area (Å²) < 4.78 is 15.4. The quantitative estimate of drug-likeness (QED) is 0.420. The Morgan fingerprint density at radius 1 is 1.00 bits per heavy atom. The van der Waals surface area contributed by atoms with Crippen LogP contribution in [-0.4, -0.2) is 25.2 Å². The van der Waals surface area contributed by atoms with E-state index in [1.807, 2.05) is 6.07 Å². The number of benzene rings is 1. The Hall–Kier alpha value is -2.56. The Kier molecular flexibility index (Phi) is 6.89. The summed E-state index contributed by atoms with van der Waals surface area (Å²) in [4.78, 5) is 22.5. The van der Waals surface area contributed by atoms with Crippen LogP contribution in [0.1, 0.15) is 19.4 Å². The second-order valence-electron chi connectivity index (χ2n) is 4.77. The van der Waals surface area contributed by atoms with Crippen molar-refractivity contribution in [3.63, 3.8) is 0 Å². The van der Waals surface area contributed by atoms with E-state index < -0.39 is 11.9 Å². The van der Waals surface area contributed by atoms with E-state index in [1.165, 1.54) is 0 Å². The fraction of sp³-hybridized carbons (Fsp3) is 0.294. The molecule has 1 aromatic carbocycles. The lowest BCUT2D eigenvalue weighted by Gasteiger charge is -2.09. The average Bonchev–Trinajstić information content (AvgIpc) is 2.49. The van der Waals surface area contributed by atoms with E-state index in [0.717, 1.165) is 5.56 Å². The fourth-order valence-electron chi connectivity index (χ4n) is 1.41. The first-order chi connectivity index (χ1) is 10.4. The highest BCUT2D eigenvalue weighted by Gasteiger charge is 2.05. The minimum atomic E-state index is -0.441. The topological polar surface area (TPSA) is 61.8 Å². The van der Waals surface area contributed by atoms with Crippen molar-refractivity contribution in [1.29, 1.82) is 0 Å². The number of hydrogen-bond acceptors (Lipinski definition) is 5. The monoisotopic (exact) mass is 304 g/mol. The molecule has 1 rings (SSSR count). The first-order valence-corrected chi connectivity index (χ1v) is 6.77. The maximum atomic E-state index is 11.3. The van der Waals surface area contributed by atoms with Crippen molar-refractivity contribution in [2.75, 3.05) is 13.2 Å². The van der Waals surface area contributed by atoms with Gasteiger partial charge < -0.3 is 14.2 Å². The van der Waals surface area contributed by atoms with Crippen LogP contribution in [0.2, 0.25) is 0 Å². The zero-order valence-electron chi connectivity index (χ0n) is 12.9. The van der Waals surface area contributed by atoms with Gasteiger partial charge in [-0.2, -0.15) is 0 Å². The van der Waals surface area contributed by atoms with Crippen molar-refractivity contribution in [2.24, 2.45) is 0 Å². The molecule has 22 heavy (non-hydrogen) atoms. The molecule has 0 atom stereocenters. The van der Waals surface area contributed by atoms with Crippen LogP contribution >= 0.6 is 0 Å². The van der Waals surface area contributed by atoms with Gasteiger partial charge in [-0.1, -0.05) is 25.3 Å². The maximum absolute atomic E-state index is 11.3. The second-order valence-corrected chi connectivity index (χ2v) is 4.77. The van der Waals surface area contributed by atoms with Crippen molar-refractivity contribution >= 4 is 11.9 Å². The zero-order valence-corrected chi connectivity index (χ0v) is 12.9. The van der Waals surface area contributed by atoms with Crippen LogP contribution in [0.5, 0.6) is 5.75 Å². The van der Waals surface area contributed by atoms with Crippen molar-refractivity contribution in [1.82, 2.24) is 0 Å². The molecular weight excluding hydrogens is 284 g/mol. The minimum absolute atomic E-state index is 0.139. The van der Waals surface area contributed by atoms with Gasteiger partial charge in [0.05, 0.1) is 0 Å². The van der Waals surface area contributed by atoms with Crippen LogP contribution in [0, 0.1) is 0 Å². The predicted molar refractivity (Wildman–Crippen MR) is 82.3 cm³/mol. The van der Waals surface area contributed by atoms with Gasteiger partial charge in [0.15, 0.2) is 0 Å². The molecule has 0 saturated heterocycles. The van der Waals surface area contributed by atoms with Gasteiger partial charge in [-0.3, -0.25) is 0 Å². The summed E-state index contributed by atoms with van der Waals surface area (Å²) in [6, 6.07) is 7.13. The Morgan fingerprint density at radius 2 is 1.64 bits per heavy atom. The molecule has 1 aromatic rings. The highest BCUT2D eigenvalue weighted by atomic mass is 16.6. The van der Waals surface area contributed by atoms with Crippen LogP contribution in [0.3, 0.4) is 0 Å². The molecule has 0 radical (unpaired) electrons. The number of esters is 2. The predicted octanol–water partition coefficient (Wildman–Crippen LogP) is 2.80. The second kappa shape index (κ2) is 8.67. The first-order valence-electron chi connectivity index (χ1n) is 6.77. The van der Waals surface area contributed by atoms with E-state index >= 15 is 0 Å². The number of carbonyl (C=O) groups excluding carboxylic acids is 2. The van der Waals surface area contributed by atoms with E-state index in [4.69, 9.17) is 14.2 Å². The lowest BCUT2D eigenvalue weighted by atomic mass is 10.2. The molecule has 0 bridgehead atoms. The Bertz CT molecular complexity index is 574. The van der Waals surface area contributed by atoms with Crippen LogP contribution in [0.4, 0.5) is 0 Å². The average molecular weight is 304 g/mol. The van der Waals surface area contributed by atoms with Crippen LogP contribution in [0.15, 0.2) is 48.6 Å². The van der Waals surface area contributed by atoms with Crippen LogP contribution < -0.4 is 4.74 Å². The third-order valence-corrected chi connectivity index (χ3v) is 2.55. The van der Waals surface area contributed by atoms with Crippen molar-refractivity contribution in [3.8, 4) is 5.75 Å². The van der Waals surface area contributed by atoms with Gasteiger partial charge in [-0.15, -0.1) is 0 Å². The van der Waals surface area contributed by atoms with Gasteiger partial charge in [-0.05, 0) is 31.5 Å². The van der Waals surface area contributed by atoms with Crippen LogP contribution in [-0.2, 0) is 25.7 Å². The SMILES string of the molecule is C=C(C)C(=O)OCCOc1cccc(COC(=O)C(=C)C)c1. The molecule has 0 aliphatic heterocycles. The highest BCUT2D eigenvalue weighted by molar-refractivity contribution is 5.87. The number of ether oxygens (including phenoxy) is 3. The molecule has 0 aliphatic carbocycles. The largest absolute Gasteiger partial charge is 0.490 e. The molecule has 0 heterocycles. The lowest BCUT2D eigenvalue weighted by molar-refractivity contribution is -0.140. The molecule has 118 valence electrons. The maximum Gasteiger partial charge on any atom is 0.333 e. The van der Waals surface area contributed by atoms with Gasteiger partial charge in [0, 0.05) is 11.1 Å². The van der Waals surface area contributed by atoms with Crippen molar-refractivity contribution in [2.45, 2.75) is 20.5 Å². The number of hydrogen-bond donors (Lipinski definition) is 0. The Balaban J connectivity index is 2.41. The Labute approximate surface area is 130 Å². The van der Waals surface area contributed by atoms with Gasteiger partial charge in [-0.25, -0.2) is 9.59 Å². The van der Waals surface area contributed by atoms with Gasteiger partial charge >= 0.3 is 11.9 Å². The molecule has 0 fully saturated rings. The summed E-state index contributed by atoms with van der Waals surface area (Å²) in [5, 5.41) is 0. The van der Waals surface area contributed by atoms with Crippen molar-refractivity contribution in [3.05, 3.63) is 54.1 Å². The summed E-state index contributed by atoms with van der Waals surface area (Å²) >= 11 is 0. The number of rotatable bonds is 8. The molecular formula is C17H20O5. The van der Waals surface area contributed by atoms with Gasteiger partial charge in [0.1, 0.15) is 25.6 Å². The Morgan fingerprint density at radius 3 is 2.27 bits per heavy atom. The first kappa shape index (κ1) is 17.5.